The Morgan fingerprint density at radius 2 is 1.54 bits per heavy atom. The summed E-state index contributed by atoms with van der Waals surface area (Å²) in [6.45, 7) is 9.28. The second-order valence-corrected chi connectivity index (χ2v) is 10.1. The maximum atomic E-state index is 10.3. The minimum absolute atomic E-state index is 0.192. The number of rotatable bonds is 11. The molecule has 148 valence electrons. The van der Waals surface area contributed by atoms with E-state index in [4.69, 9.17) is 0 Å². The monoisotopic (exact) mass is 360 g/mol. The first-order valence-electron chi connectivity index (χ1n) is 10.7. The summed E-state index contributed by atoms with van der Waals surface area (Å²) < 4.78 is 0. The Kier molecular flexibility index (Phi) is 7.43. The van der Waals surface area contributed by atoms with Crippen molar-refractivity contribution in [3.05, 3.63) is 23.3 Å². The zero-order valence-corrected chi connectivity index (χ0v) is 17.5. The maximum Gasteiger partial charge on any atom is 0.122 e. The predicted molar refractivity (Wildman–Crippen MR) is 111 cm³/mol. The largest absolute Gasteiger partial charge is 0.508 e. The molecule has 1 aliphatic rings. The molecule has 0 spiro atoms. The van der Waals surface area contributed by atoms with Gasteiger partial charge in [-0.3, -0.25) is 0 Å². The molecular weight excluding hydrogens is 320 g/mol. The Labute approximate surface area is 161 Å². The van der Waals surface area contributed by atoms with E-state index in [0.717, 1.165) is 36.8 Å². The van der Waals surface area contributed by atoms with Gasteiger partial charge in [0.2, 0.25) is 0 Å². The van der Waals surface area contributed by atoms with E-state index in [9.17, 15) is 10.2 Å². The minimum atomic E-state index is 0.192. The third-order valence-corrected chi connectivity index (χ3v) is 5.99. The van der Waals surface area contributed by atoms with Crippen molar-refractivity contribution in [2.75, 3.05) is 0 Å². The second kappa shape index (κ2) is 9.15. The molecule has 1 aromatic carbocycles. The molecule has 0 radical (unpaired) electrons. The van der Waals surface area contributed by atoms with E-state index in [2.05, 4.69) is 27.7 Å². The molecule has 26 heavy (non-hydrogen) atoms. The summed E-state index contributed by atoms with van der Waals surface area (Å²) in [5.74, 6) is 0.474. The number of phenolic OH excluding ortho intramolecular Hbond substituents is 2. The van der Waals surface area contributed by atoms with Crippen LogP contribution in [0.25, 0.3) is 0 Å². The fourth-order valence-corrected chi connectivity index (χ4v) is 3.85. The summed E-state index contributed by atoms with van der Waals surface area (Å²) in [4.78, 5) is 0. The Morgan fingerprint density at radius 1 is 0.885 bits per heavy atom. The molecule has 0 aromatic heterocycles. The van der Waals surface area contributed by atoms with Crippen molar-refractivity contribution < 1.29 is 10.2 Å². The van der Waals surface area contributed by atoms with Gasteiger partial charge in [-0.1, -0.05) is 53.4 Å². The van der Waals surface area contributed by atoms with Crippen LogP contribution in [0.4, 0.5) is 0 Å². The van der Waals surface area contributed by atoms with E-state index in [0.29, 0.717) is 10.8 Å². The summed E-state index contributed by atoms with van der Waals surface area (Å²) >= 11 is 0. The predicted octanol–water partition coefficient (Wildman–Crippen LogP) is 7.15. The first-order chi connectivity index (χ1) is 12.2. The minimum Gasteiger partial charge on any atom is -0.508 e. The van der Waals surface area contributed by atoms with E-state index in [1.54, 1.807) is 0 Å². The van der Waals surface area contributed by atoms with Crippen LogP contribution >= 0.6 is 0 Å². The molecule has 2 heteroatoms. The lowest BCUT2D eigenvalue weighted by atomic mass is 9.89. The van der Waals surface area contributed by atoms with Crippen LogP contribution in [0.1, 0.15) is 103 Å². The van der Waals surface area contributed by atoms with Gasteiger partial charge in [-0.25, -0.2) is 0 Å². The lowest BCUT2D eigenvalue weighted by Gasteiger charge is -2.17. The molecule has 2 N–H and O–H groups in total. The zero-order valence-electron chi connectivity index (χ0n) is 17.5. The standard InChI is InChI=1S/C24H40O2/c1-23(2,3)13-9-5-7-11-19-17-20(25)18-22(26)21(19)12-8-6-10-14-24(4)15-16-24/h17-18,25-26H,5-16H2,1-4H3. The van der Waals surface area contributed by atoms with Crippen molar-refractivity contribution in [2.24, 2.45) is 10.8 Å². The topological polar surface area (TPSA) is 40.5 Å². The quantitative estimate of drug-likeness (QED) is 0.411. The molecule has 0 atom stereocenters. The number of phenols is 2. The normalized spacial score (nSPS) is 16.0. The van der Waals surface area contributed by atoms with Gasteiger partial charge >= 0.3 is 0 Å². The highest BCUT2D eigenvalue weighted by Crippen LogP contribution is 2.49. The number of benzene rings is 1. The van der Waals surface area contributed by atoms with Crippen LogP contribution in [-0.4, -0.2) is 10.2 Å². The van der Waals surface area contributed by atoms with Crippen molar-refractivity contribution in [2.45, 2.75) is 105 Å². The summed E-state index contributed by atoms with van der Waals surface area (Å²) in [6, 6.07) is 3.37. The summed E-state index contributed by atoms with van der Waals surface area (Å²) in [5.41, 5.74) is 3.27. The third-order valence-electron chi connectivity index (χ3n) is 5.99. The molecule has 1 saturated carbocycles. The van der Waals surface area contributed by atoms with Crippen molar-refractivity contribution in [1.82, 2.24) is 0 Å². The van der Waals surface area contributed by atoms with Crippen molar-refractivity contribution in [3.8, 4) is 11.5 Å². The number of hydrogen-bond acceptors (Lipinski definition) is 2. The fourth-order valence-electron chi connectivity index (χ4n) is 3.85. The van der Waals surface area contributed by atoms with Gasteiger partial charge < -0.3 is 10.2 Å². The molecule has 0 bridgehead atoms. The molecule has 0 heterocycles. The molecular formula is C24H40O2. The average Bonchev–Trinajstić information content (AvgIpc) is 3.25. The van der Waals surface area contributed by atoms with Crippen molar-refractivity contribution >= 4 is 0 Å². The molecule has 0 saturated heterocycles. The van der Waals surface area contributed by atoms with E-state index >= 15 is 0 Å². The number of aryl methyl sites for hydroxylation is 1. The molecule has 2 rings (SSSR count). The third kappa shape index (κ3) is 7.60. The van der Waals surface area contributed by atoms with Gasteiger partial charge in [0.05, 0.1) is 0 Å². The van der Waals surface area contributed by atoms with Crippen molar-refractivity contribution in [1.29, 1.82) is 0 Å². The maximum absolute atomic E-state index is 10.3. The fraction of sp³-hybridized carbons (Fsp3) is 0.750. The van der Waals surface area contributed by atoms with Gasteiger partial charge in [-0.15, -0.1) is 0 Å². The SMILES string of the molecule is CC(C)(C)CCCCCc1cc(O)cc(O)c1CCCCCC1(C)CC1. The number of unbranched alkanes of at least 4 members (excludes halogenated alkanes) is 4. The van der Waals surface area contributed by atoms with Gasteiger partial charge in [0.25, 0.3) is 0 Å². The van der Waals surface area contributed by atoms with Crippen LogP contribution in [-0.2, 0) is 12.8 Å². The highest BCUT2D eigenvalue weighted by atomic mass is 16.3. The first kappa shape index (κ1) is 21.1. The van der Waals surface area contributed by atoms with E-state index in [1.165, 1.54) is 57.4 Å². The summed E-state index contributed by atoms with van der Waals surface area (Å²) in [7, 11) is 0. The Balaban J connectivity index is 1.78. The van der Waals surface area contributed by atoms with Crippen LogP contribution in [0.5, 0.6) is 11.5 Å². The molecule has 2 nitrogen and oxygen atoms in total. The molecule has 0 amide bonds. The van der Waals surface area contributed by atoms with Crippen LogP contribution in [0.2, 0.25) is 0 Å². The van der Waals surface area contributed by atoms with Gasteiger partial charge in [-0.2, -0.15) is 0 Å². The van der Waals surface area contributed by atoms with Gasteiger partial charge in [0.15, 0.2) is 0 Å². The Morgan fingerprint density at radius 3 is 2.19 bits per heavy atom. The first-order valence-corrected chi connectivity index (χ1v) is 10.7. The molecule has 1 aliphatic carbocycles. The molecule has 1 aromatic rings. The summed E-state index contributed by atoms with van der Waals surface area (Å²) in [6.07, 6.45) is 14.6. The Hall–Kier alpha value is -1.18. The smallest absolute Gasteiger partial charge is 0.122 e. The van der Waals surface area contributed by atoms with Gasteiger partial charge in [0, 0.05) is 6.07 Å². The lowest BCUT2D eigenvalue weighted by molar-refractivity contribution is 0.358. The average molecular weight is 361 g/mol. The number of hydrogen-bond donors (Lipinski definition) is 2. The van der Waals surface area contributed by atoms with E-state index in [1.807, 2.05) is 6.07 Å². The van der Waals surface area contributed by atoms with Crippen molar-refractivity contribution in [3.63, 3.8) is 0 Å². The van der Waals surface area contributed by atoms with Crippen LogP contribution in [0, 0.1) is 10.8 Å². The molecule has 0 unspecified atom stereocenters. The lowest BCUT2D eigenvalue weighted by Crippen LogP contribution is -2.04. The van der Waals surface area contributed by atoms with Gasteiger partial charge in [-0.05, 0) is 79.4 Å². The molecule has 1 fully saturated rings. The summed E-state index contributed by atoms with van der Waals surface area (Å²) in [5, 5.41) is 20.2. The highest BCUT2D eigenvalue weighted by molar-refractivity contribution is 5.45. The Bertz CT molecular complexity index is 564. The number of aromatic hydroxyl groups is 2. The van der Waals surface area contributed by atoms with Gasteiger partial charge in [0.1, 0.15) is 11.5 Å². The second-order valence-electron chi connectivity index (χ2n) is 10.1. The highest BCUT2D eigenvalue weighted by Gasteiger charge is 2.35. The zero-order chi connectivity index (χ0) is 19.2. The van der Waals surface area contributed by atoms with Crippen LogP contribution in [0.15, 0.2) is 12.1 Å². The van der Waals surface area contributed by atoms with E-state index in [-0.39, 0.29) is 11.5 Å². The van der Waals surface area contributed by atoms with Crippen LogP contribution < -0.4 is 0 Å². The van der Waals surface area contributed by atoms with Crippen LogP contribution in [0.3, 0.4) is 0 Å². The van der Waals surface area contributed by atoms with E-state index < -0.39 is 0 Å². The molecule has 0 aliphatic heterocycles.